The summed E-state index contributed by atoms with van der Waals surface area (Å²) in [6, 6.07) is 20.6. The molecule has 0 aliphatic heterocycles. The Kier molecular flexibility index (Phi) is 6.96. The smallest absolute Gasteiger partial charge is 0.335 e. The van der Waals surface area contributed by atoms with Gasteiger partial charge in [-0.1, -0.05) is 35.9 Å². The molecule has 0 spiro atoms. The number of hydrogen-bond acceptors (Lipinski definition) is 1. The summed E-state index contributed by atoms with van der Waals surface area (Å²) < 4.78 is 2.08. The van der Waals surface area contributed by atoms with Crippen molar-refractivity contribution < 1.29 is 26.9 Å². The van der Waals surface area contributed by atoms with Crippen LogP contribution >= 0.6 is 11.6 Å². The number of carbonyl (C=O) groups is 1. The fourth-order valence-electron chi connectivity index (χ4n) is 2.54. The largest absolute Gasteiger partial charge is 1.00 e. The van der Waals surface area contributed by atoms with Crippen molar-refractivity contribution in [3.05, 3.63) is 100 Å². The second-order valence-electron chi connectivity index (χ2n) is 5.64. The lowest BCUT2D eigenvalue weighted by Crippen LogP contribution is -3.00. The molecule has 0 unspecified atom stereocenters. The summed E-state index contributed by atoms with van der Waals surface area (Å²) >= 11 is 5.91. The lowest BCUT2D eigenvalue weighted by atomic mass is 10.1. The van der Waals surface area contributed by atoms with Crippen LogP contribution in [-0.4, -0.2) is 11.1 Å². The van der Waals surface area contributed by atoms with Gasteiger partial charge in [0.2, 0.25) is 5.69 Å². The number of nitrogens with zero attached hydrogens (tertiary/aromatic N) is 1. The molecule has 3 rings (SSSR count). The third kappa shape index (κ3) is 5.19. The quantitative estimate of drug-likeness (QED) is 0.677. The van der Waals surface area contributed by atoms with E-state index in [0.29, 0.717) is 17.1 Å². The van der Waals surface area contributed by atoms with Gasteiger partial charge in [0.25, 0.3) is 0 Å². The van der Waals surface area contributed by atoms with Crippen molar-refractivity contribution in [1.29, 1.82) is 0 Å². The van der Waals surface area contributed by atoms with Crippen LogP contribution in [0.3, 0.4) is 0 Å². The number of benzene rings is 2. The number of carboxylic acids is 1. The van der Waals surface area contributed by atoms with Crippen LogP contribution in [0.5, 0.6) is 0 Å². The van der Waals surface area contributed by atoms with Crippen molar-refractivity contribution in [1.82, 2.24) is 0 Å². The first kappa shape index (κ1) is 19.7. The molecule has 3 aromatic rings. The minimum absolute atomic E-state index is 0. The van der Waals surface area contributed by atoms with Crippen molar-refractivity contribution in [2.24, 2.45) is 0 Å². The van der Waals surface area contributed by atoms with Crippen LogP contribution in [0.2, 0.25) is 5.02 Å². The predicted octanol–water partition coefficient (Wildman–Crippen LogP) is 1.55. The summed E-state index contributed by atoms with van der Waals surface area (Å²) in [6.07, 6.45) is 6.04. The minimum atomic E-state index is -0.914. The highest BCUT2D eigenvalue weighted by molar-refractivity contribution is 6.30. The van der Waals surface area contributed by atoms with Crippen LogP contribution in [0.15, 0.2) is 72.9 Å². The predicted molar refractivity (Wildman–Crippen MR) is 99.5 cm³/mol. The topological polar surface area (TPSA) is 41.2 Å². The molecule has 0 amide bonds. The van der Waals surface area contributed by atoms with Gasteiger partial charge in [0.05, 0.1) is 5.56 Å². The molecule has 132 valence electrons. The molecule has 3 nitrogen and oxygen atoms in total. The van der Waals surface area contributed by atoms with Crippen molar-refractivity contribution in [3.8, 4) is 0 Å². The molecule has 2 aromatic carbocycles. The molecule has 1 N–H and O–H groups in total. The molecule has 0 atom stereocenters. The van der Waals surface area contributed by atoms with Crippen molar-refractivity contribution in [2.75, 3.05) is 0 Å². The second kappa shape index (κ2) is 9.18. The van der Waals surface area contributed by atoms with E-state index in [9.17, 15) is 4.79 Å². The monoisotopic (exact) mass is 385 g/mol. The second-order valence-corrected chi connectivity index (χ2v) is 6.08. The Bertz CT molecular complexity index is 921. The fourth-order valence-corrected chi connectivity index (χ4v) is 2.67. The Morgan fingerprint density at radius 2 is 1.77 bits per heavy atom. The van der Waals surface area contributed by atoms with Gasteiger partial charge in [0.1, 0.15) is 0 Å². The summed E-state index contributed by atoms with van der Waals surface area (Å²) in [5, 5.41) is 9.85. The van der Waals surface area contributed by atoms with E-state index in [1.807, 2.05) is 66.9 Å². The Labute approximate surface area is 163 Å². The third-order valence-corrected chi connectivity index (χ3v) is 4.07. The van der Waals surface area contributed by atoms with Crippen molar-refractivity contribution in [2.45, 2.75) is 6.54 Å². The zero-order valence-electron chi connectivity index (χ0n) is 13.8. The standard InChI is InChI=1S/C21H16ClNO2.ClH/c22-19-10-7-16(8-11-19)9-12-20-6-1-2-13-23(20)15-17-4-3-5-18(14-17)21(24)25;/h1-14H,15H2;1H/b12-9+;. The molecule has 0 saturated heterocycles. The lowest BCUT2D eigenvalue weighted by Gasteiger charge is -2.02. The highest BCUT2D eigenvalue weighted by Gasteiger charge is 2.10. The highest BCUT2D eigenvalue weighted by Crippen LogP contribution is 2.12. The van der Waals surface area contributed by atoms with Crippen molar-refractivity contribution >= 4 is 29.7 Å². The Morgan fingerprint density at radius 3 is 2.50 bits per heavy atom. The Morgan fingerprint density at radius 1 is 1.00 bits per heavy atom. The Balaban J connectivity index is 0.00000243. The van der Waals surface area contributed by atoms with Crippen LogP contribution in [-0.2, 0) is 6.54 Å². The van der Waals surface area contributed by atoms with Gasteiger partial charge in [0, 0.05) is 28.8 Å². The maximum absolute atomic E-state index is 11.1. The Hall–Kier alpha value is -2.62. The molecule has 0 saturated carbocycles. The van der Waals surface area contributed by atoms with E-state index in [1.165, 1.54) is 0 Å². The number of halogens is 2. The molecular formula is C21H17Cl2NO2. The average Bonchev–Trinajstić information content (AvgIpc) is 2.62. The highest BCUT2D eigenvalue weighted by atomic mass is 35.5. The number of hydrogen-bond donors (Lipinski definition) is 1. The molecule has 0 aliphatic rings. The molecule has 1 aromatic heterocycles. The summed E-state index contributed by atoms with van der Waals surface area (Å²) in [4.78, 5) is 11.1. The average molecular weight is 386 g/mol. The van der Waals surface area contributed by atoms with E-state index in [1.54, 1.807) is 18.2 Å². The van der Waals surface area contributed by atoms with E-state index in [4.69, 9.17) is 16.7 Å². The maximum atomic E-state index is 11.1. The van der Waals surface area contributed by atoms with Crippen LogP contribution < -0.4 is 17.0 Å². The van der Waals surface area contributed by atoms with Gasteiger partial charge in [-0.05, 0) is 42.0 Å². The van der Waals surface area contributed by atoms with Gasteiger partial charge in [-0.3, -0.25) is 0 Å². The van der Waals surface area contributed by atoms with Crippen LogP contribution in [0, 0.1) is 0 Å². The number of aromatic carboxylic acids is 1. The molecule has 0 fully saturated rings. The normalized spacial score (nSPS) is 10.5. The van der Waals surface area contributed by atoms with E-state index in [0.717, 1.165) is 16.8 Å². The zero-order chi connectivity index (χ0) is 17.6. The number of aromatic nitrogens is 1. The molecule has 5 heteroatoms. The summed E-state index contributed by atoms with van der Waals surface area (Å²) in [6.45, 7) is 0.599. The number of carboxylic acid groups (broad SMARTS) is 1. The van der Waals surface area contributed by atoms with Crippen LogP contribution in [0.1, 0.15) is 27.2 Å². The van der Waals surface area contributed by atoms with E-state index in [-0.39, 0.29) is 12.4 Å². The van der Waals surface area contributed by atoms with Gasteiger partial charge < -0.3 is 17.5 Å². The molecule has 0 bridgehead atoms. The van der Waals surface area contributed by atoms with Crippen LogP contribution in [0.25, 0.3) is 12.2 Å². The first-order valence-corrected chi connectivity index (χ1v) is 8.24. The SMILES string of the molecule is O=C(O)c1cccc(C[n+]2ccccc2/C=C/c2ccc(Cl)cc2)c1.[Cl-]. The molecule has 26 heavy (non-hydrogen) atoms. The minimum Gasteiger partial charge on any atom is -1.00 e. The molecule has 0 radical (unpaired) electrons. The van der Waals surface area contributed by atoms with Gasteiger partial charge in [-0.25, -0.2) is 4.79 Å². The fraction of sp³-hybridized carbons (Fsp3) is 0.0476. The molecular weight excluding hydrogens is 369 g/mol. The van der Waals surface area contributed by atoms with Gasteiger partial charge in [-0.2, -0.15) is 4.57 Å². The summed E-state index contributed by atoms with van der Waals surface area (Å²) in [5.74, 6) is -0.914. The van der Waals surface area contributed by atoms with Gasteiger partial charge in [0.15, 0.2) is 12.7 Å². The van der Waals surface area contributed by atoms with E-state index in [2.05, 4.69) is 4.57 Å². The lowest BCUT2D eigenvalue weighted by molar-refractivity contribution is -0.690. The summed E-state index contributed by atoms with van der Waals surface area (Å²) in [5.41, 5.74) is 3.33. The van der Waals surface area contributed by atoms with Crippen LogP contribution in [0.4, 0.5) is 0 Å². The van der Waals surface area contributed by atoms with Gasteiger partial charge >= 0.3 is 5.97 Å². The summed E-state index contributed by atoms with van der Waals surface area (Å²) in [7, 11) is 0. The van der Waals surface area contributed by atoms with E-state index >= 15 is 0 Å². The van der Waals surface area contributed by atoms with Gasteiger partial charge in [-0.15, -0.1) is 0 Å². The molecule has 1 heterocycles. The zero-order valence-corrected chi connectivity index (χ0v) is 15.4. The first-order valence-electron chi connectivity index (χ1n) is 7.86. The first-order chi connectivity index (χ1) is 12.1. The third-order valence-electron chi connectivity index (χ3n) is 3.82. The van der Waals surface area contributed by atoms with Crippen molar-refractivity contribution in [3.63, 3.8) is 0 Å². The number of pyridine rings is 1. The van der Waals surface area contributed by atoms with E-state index < -0.39 is 5.97 Å². The molecule has 0 aliphatic carbocycles. The number of rotatable bonds is 5. The maximum Gasteiger partial charge on any atom is 0.335 e.